The van der Waals surface area contributed by atoms with Crippen LogP contribution in [-0.2, 0) is 13.2 Å². The monoisotopic (exact) mass is 472 g/mol. The number of carbonyl (C=O) groups is 2. The summed E-state index contributed by atoms with van der Waals surface area (Å²) in [5.74, 6) is 1.24. The summed E-state index contributed by atoms with van der Waals surface area (Å²) >= 11 is 0. The Labute approximate surface area is 204 Å². The number of urea groups is 1. The number of anilines is 1. The first-order valence-electron chi connectivity index (χ1n) is 11.8. The molecular formula is C27H28N4O4. The summed E-state index contributed by atoms with van der Waals surface area (Å²) in [7, 11) is 1.61. The summed E-state index contributed by atoms with van der Waals surface area (Å²) in [6.07, 6.45) is 5.44. The van der Waals surface area contributed by atoms with E-state index in [1.165, 1.54) is 0 Å². The molecule has 180 valence electrons. The average molecular weight is 473 g/mol. The van der Waals surface area contributed by atoms with Gasteiger partial charge in [0, 0.05) is 49.3 Å². The van der Waals surface area contributed by atoms with Crippen molar-refractivity contribution in [1.82, 2.24) is 15.2 Å². The highest BCUT2D eigenvalue weighted by atomic mass is 16.5. The van der Waals surface area contributed by atoms with Crippen molar-refractivity contribution in [2.75, 3.05) is 25.1 Å². The first-order valence-corrected chi connectivity index (χ1v) is 11.8. The molecule has 1 saturated carbocycles. The normalized spacial score (nSPS) is 15.0. The Balaban J connectivity index is 1.34. The van der Waals surface area contributed by atoms with Crippen molar-refractivity contribution in [3.63, 3.8) is 0 Å². The lowest BCUT2D eigenvalue weighted by atomic mass is 10.1. The lowest BCUT2D eigenvalue weighted by molar-refractivity contribution is 0.0729. The highest BCUT2D eigenvalue weighted by Gasteiger charge is 2.33. The van der Waals surface area contributed by atoms with Crippen LogP contribution in [0.15, 0.2) is 67.0 Å². The molecule has 1 saturated heterocycles. The van der Waals surface area contributed by atoms with Crippen LogP contribution in [0.25, 0.3) is 0 Å². The first-order chi connectivity index (χ1) is 17.1. The van der Waals surface area contributed by atoms with Crippen LogP contribution >= 0.6 is 0 Å². The number of pyridine rings is 1. The van der Waals surface area contributed by atoms with E-state index in [1.807, 2.05) is 53.4 Å². The van der Waals surface area contributed by atoms with Gasteiger partial charge in [-0.1, -0.05) is 12.1 Å². The van der Waals surface area contributed by atoms with Gasteiger partial charge in [0.05, 0.1) is 7.11 Å². The average Bonchev–Trinajstić information content (AvgIpc) is 3.65. The molecule has 35 heavy (non-hydrogen) atoms. The van der Waals surface area contributed by atoms with Gasteiger partial charge in [0.2, 0.25) is 0 Å². The van der Waals surface area contributed by atoms with E-state index in [-0.39, 0.29) is 18.0 Å². The molecule has 0 spiro atoms. The second-order valence-corrected chi connectivity index (χ2v) is 8.73. The molecule has 0 radical (unpaired) electrons. The third-order valence-electron chi connectivity index (χ3n) is 6.23. The number of hydrogen-bond acceptors (Lipinski definition) is 5. The Kier molecular flexibility index (Phi) is 6.52. The lowest BCUT2D eigenvalue weighted by Gasteiger charge is -2.24. The molecule has 0 bridgehead atoms. The van der Waals surface area contributed by atoms with Gasteiger partial charge < -0.3 is 19.7 Å². The van der Waals surface area contributed by atoms with Gasteiger partial charge in [0.1, 0.15) is 6.61 Å². The zero-order valence-electron chi connectivity index (χ0n) is 19.6. The van der Waals surface area contributed by atoms with Crippen LogP contribution in [0.4, 0.5) is 10.5 Å². The Morgan fingerprint density at radius 3 is 2.63 bits per heavy atom. The maximum atomic E-state index is 13.5. The number of carbonyl (C=O) groups excluding carboxylic acids is 2. The van der Waals surface area contributed by atoms with Gasteiger partial charge in [0.25, 0.3) is 5.91 Å². The van der Waals surface area contributed by atoms with Crippen LogP contribution in [0.3, 0.4) is 0 Å². The number of methoxy groups -OCH3 is 1. The van der Waals surface area contributed by atoms with Gasteiger partial charge in [-0.25, -0.2) is 4.79 Å². The van der Waals surface area contributed by atoms with E-state index in [1.54, 1.807) is 30.5 Å². The van der Waals surface area contributed by atoms with Crippen LogP contribution in [-0.4, -0.2) is 48.1 Å². The van der Waals surface area contributed by atoms with Crippen molar-refractivity contribution in [2.45, 2.75) is 32.0 Å². The summed E-state index contributed by atoms with van der Waals surface area (Å²) in [6.45, 7) is 2.06. The quantitative estimate of drug-likeness (QED) is 0.509. The molecule has 8 heteroatoms. The predicted molar refractivity (Wildman–Crippen MR) is 132 cm³/mol. The van der Waals surface area contributed by atoms with E-state index in [2.05, 4.69) is 10.3 Å². The fourth-order valence-electron chi connectivity index (χ4n) is 4.21. The largest absolute Gasteiger partial charge is 0.493 e. The molecule has 3 amide bonds. The maximum Gasteiger partial charge on any atom is 0.321 e. The molecule has 2 fully saturated rings. The minimum absolute atomic E-state index is 0.0379. The third-order valence-corrected chi connectivity index (χ3v) is 6.23. The number of benzene rings is 2. The molecule has 0 atom stereocenters. The van der Waals surface area contributed by atoms with Gasteiger partial charge >= 0.3 is 6.03 Å². The minimum atomic E-state index is -0.133. The number of amides is 3. The van der Waals surface area contributed by atoms with E-state index in [9.17, 15) is 9.59 Å². The van der Waals surface area contributed by atoms with E-state index >= 15 is 0 Å². The van der Waals surface area contributed by atoms with Crippen molar-refractivity contribution in [3.8, 4) is 11.5 Å². The second kappa shape index (κ2) is 10.0. The summed E-state index contributed by atoms with van der Waals surface area (Å²) in [6, 6.07) is 17.0. The van der Waals surface area contributed by atoms with Crippen molar-refractivity contribution in [1.29, 1.82) is 0 Å². The molecule has 1 aliphatic heterocycles. The molecule has 1 aromatic heterocycles. The third kappa shape index (κ3) is 5.21. The lowest BCUT2D eigenvalue weighted by Crippen LogP contribution is -2.33. The van der Waals surface area contributed by atoms with Crippen molar-refractivity contribution in [3.05, 3.63) is 83.7 Å². The number of nitrogens with one attached hydrogen (secondary N) is 1. The number of nitrogens with zero attached hydrogens (tertiary/aromatic N) is 3. The maximum absolute atomic E-state index is 13.5. The predicted octanol–water partition coefficient (Wildman–Crippen LogP) is 4.00. The Hall–Kier alpha value is -4.07. The highest BCUT2D eigenvalue weighted by molar-refractivity contribution is 5.98. The SMILES string of the molecule is COc1ccc(CN(C(=O)c2cccc(N3CCNC3=O)c2)C2CC2)cc1OCc1ccncc1. The smallest absolute Gasteiger partial charge is 0.321 e. The minimum Gasteiger partial charge on any atom is -0.493 e. The number of aromatic nitrogens is 1. The summed E-state index contributed by atoms with van der Waals surface area (Å²) in [5, 5.41) is 2.80. The molecule has 1 aliphatic carbocycles. The van der Waals surface area contributed by atoms with Crippen LogP contribution in [0.2, 0.25) is 0 Å². The van der Waals surface area contributed by atoms with Crippen LogP contribution in [0, 0.1) is 0 Å². The summed E-state index contributed by atoms with van der Waals surface area (Å²) < 4.78 is 11.5. The fraction of sp³-hybridized carbons (Fsp3) is 0.296. The number of ether oxygens (including phenoxy) is 2. The van der Waals surface area contributed by atoms with Gasteiger partial charge in [-0.05, 0) is 66.4 Å². The topological polar surface area (TPSA) is 84.0 Å². The zero-order chi connectivity index (χ0) is 24.2. The van der Waals surface area contributed by atoms with Crippen molar-refractivity contribution < 1.29 is 19.1 Å². The van der Waals surface area contributed by atoms with Gasteiger partial charge in [0.15, 0.2) is 11.5 Å². The molecule has 2 aliphatic rings. The molecule has 5 rings (SSSR count). The zero-order valence-corrected chi connectivity index (χ0v) is 19.6. The fourth-order valence-corrected chi connectivity index (χ4v) is 4.21. The Bertz CT molecular complexity index is 1210. The van der Waals surface area contributed by atoms with Gasteiger partial charge in [-0.2, -0.15) is 0 Å². The number of rotatable bonds is 9. The highest BCUT2D eigenvalue weighted by Crippen LogP contribution is 2.33. The van der Waals surface area contributed by atoms with Gasteiger partial charge in [-0.3, -0.25) is 14.7 Å². The molecule has 3 aromatic rings. The molecule has 2 aromatic carbocycles. The first kappa shape index (κ1) is 22.7. The molecule has 0 unspecified atom stereocenters. The van der Waals surface area contributed by atoms with E-state index in [0.29, 0.717) is 43.3 Å². The van der Waals surface area contributed by atoms with Crippen LogP contribution in [0.5, 0.6) is 11.5 Å². The van der Waals surface area contributed by atoms with E-state index < -0.39 is 0 Å². The van der Waals surface area contributed by atoms with E-state index in [0.717, 1.165) is 29.7 Å². The van der Waals surface area contributed by atoms with E-state index in [4.69, 9.17) is 9.47 Å². The Morgan fingerprint density at radius 1 is 1.09 bits per heavy atom. The summed E-state index contributed by atoms with van der Waals surface area (Å²) in [5.41, 5.74) is 3.29. The van der Waals surface area contributed by atoms with Crippen molar-refractivity contribution >= 4 is 17.6 Å². The van der Waals surface area contributed by atoms with Crippen LogP contribution in [0.1, 0.15) is 34.3 Å². The molecule has 2 heterocycles. The van der Waals surface area contributed by atoms with Crippen LogP contribution < -0.4 is 19.7 Å². The second-order valence-electron chi connectivity index (χ2n) is 8.73. The molecule has 1 N–H and O–H groups in total. The Morgan fingerprint density at radius 2 is 1.91 bits per heavy atom. The molecular weight excluding hydrogens is 444 g/mol. The standard InChI is InChI=1S/C27H28N4O4/c1-34-24-8-5-20(15-25(24)35-18-19-9-11-28-12-10-19)17-31(22-6-7-22)26(32)21-3-2-4-23(16-21)30-14-13-29-27(30)33/h2-5,8-12,15-16,22H,6-7,13-14,17-18H2,1H3,(H,29,33). The molecule has 8 nitrogen and oxygen atoms in total. The van der Waals surface area contributed by atoms with Gasteiger partial charge in [-0.15, -0.1) is 0 Å². The summed E-state index contributed by atoms with van der Waals surface area (Å²) in [4.78, 5) is 33.2. The van der Waals surface area contributed by atoms with Crippen molar-refractivity contribution in [2.24, 2.45) is 0 Å². The number of hydrogen-bond donors (Lipinski definition) is 1.